The summed E-state index contributed by atoms with van der Waals surface area (Å²) in [6.07, 6.45) is 5.30. The van der Waals surface area contributed by atoms with Crippen LogP contribution < -0.4 is 5.32 Å². The number of hydrogen-bond acceptors (Lipinski definition) is 2. The zero-order valence-corrected chi connectivity index (χ0v) is 13.2. The van der Waals surface area contributed by atoms with Crippen LogP contribution in [0.4, 0.5) is 0 Å². The first-order valence-corrected chi connectivity index (χ1v) is 7.75. The minimum atomic E-state index is 0.528. The predicted molar refractivity (Wildman–Crippen MR) is 83.4 cm³/mol. The SMILES string of the molecule is CCCNC(Cc1ccc(CC)cn1)C(C)C(C)C. The first kappa shape index (κ1) is 16.2. The molecule has 19 heavy (non-hydrogen) atoms. The highest BCUT2D eigenvalue weighted by Gasteiger charge is 2.20. The molecule has 1 aromatic heterocycles. The van der Waals surface area contributed by atoms with Crippen LogP contribution in [0.5, 0.6) is 0 Å². The second kappa shape index (κ2) is 8.31. The van der Waals surface area contributed by atoms with Gasteiger partial charge in [-0.15, -0.1) is 0 Å². The maximum Gasteiger partial charge on any atom is 0.0419 e. The highest BCUT2D eigenvalue weighted by atomic mass is 14.9. The summed E-state index contributed by atoms with van der Waals surface area (Å²) in [5.74, 6) is 1.36. The van der Waals surface area contributed by atoms with Crippen LogP contribution in [0.1, 0.15) is 52.3 Å². The lowest BCUT2D eigenvalue weighted by Crippen LogP contribution is -2.39. The number of rotatable bonds is 8. The van der Waals surface area contributed by atoms with Crippen molar-refractivity contribution in [2.24, 2.45) is 11.8 Å². The average molecular weight is 262 g/mol. The lowest BCUT2D eigenvalue weighted by molar-refractivity contribution is 0.295. The monoisotopic (exact) mass is 262 g/mol. The van der Waals surface area contributed by atoms with Crippen molar-refractivity contribution >= 4 is 0 Å². The number of aryl methyl sites for hydroxylation is 1. The highest BCUT2D eigenvalue weighted by molar-refractivity contribution is 5.14. The molecule has 0 fully saturated rings. The van der Waals surface area contributed by atoms with Gasteiger partial charge in [0.15, 0.2) is 0 Å². The number of hydrogen-bond donors (Lipinski definition) is 1. The van der Waals surface area contributed by atoms with Crippen LogP contribution in [-0.2, 0) is 12.8 Å². The van der Waals surface area contributed by atoms with Crippen LogP contribution in [0.25, 0.3) is 0 Å². The van der Waals surface area contributed by atoms with Gasteiger partial charge >= 0.3 is 0 Å². The molecule has 0 spiro atoms. The van der Waals surface area contributed by atoms with Crippen LogP contribution in [-0.4, -0.2) is 17.6 Å². The molecule has 0 aliphatic heterocycles. The van der Waals surface area contributed by atoms with E-state index in [1.54, 1.807) is 0 Å². The zero-order chi connectivity index (χ0) is 14.3. The molecule has 0 amide bonds. The van der Waals surface area contributed by atoms with Gasteiger partial charge in [0, 0.05) is 24.4 Å². The van der Waals surface area contributed by atoms with Crippen molar-refractivity contribution in [1.29, 1.82) is 0 Å². The van der Waals surface area contributed by atoms with E-state index < -0.39 is 0 Å². The molecule has 2 atom stereocenters. The molecule has 0 aliphatic carbocycles. The Labute approximate surface area is 119 Å². The van der Waals surface area contributed by atoms with Crippen molar-refractivity contribution in [1.82, 2.24) is 10.3 Å². The fourth-order valence-corrected chi connectivity index (χ4v) is 2.25. The smallest absolute Gasteiger partial charge is 0.0419 e. The summed E-state index contributed by atoms with van der Waals surface area (Å²) in [5.41, 5.74) is 2.53. The van der Waals surface area contributed by atoms with E-state index in [1.807, 2.05) is 6.20 Å². The Bertz CT molecular complexity index is 343. The van der Waals surface area contributed by atoms with Crippen LogP contribution >= 0.6 is 0 Å². The van der Waals surface area contributed by atoms with E-state index in [1.165, 1.54) is 17.7 Å². The molecule has 0 aliphatic rings. The highest BCUT2D eigenvalue weighted by Crippen LogP contribution is 2.18. The van der Waals surface area contributed by atoms with Gasteiger partial charge in [-0.3, -0.25) is 4.98 Å². The van der Waals surface area contributed by atoms with Crippen LogP contribution in [0, 0.1) is 11.8 Å². The van der Waals surface area contributed by atoms with Gasteiger partial charge in [0.2, 0.25) is 0 Å². The summed E-state index contributed by atoms with van der Waals surface area (Å²) in [7, 11) is 0. The van der Waals surface area contributed by atoms with E-state index >= 15 is 0 Å². The maximum atomic E-state index is 4.60. The molecule has 108 valence electrons. The summed E-state index contributed by atoms with van der Waals surface area (Å²) in [6, 6.07) is 4.92. The first-order valence-electron chi connectivity index (χ1n) is 7.75. The molecule has 0 aromatic carbocycles. The summed E-state index contributed by atoms with van der Waals surface area (Å²) >= 11 is 0. The largest absolute Gasteiger partial charge is 0.313 e. The summed E-state index contributed by atoms with van der Waals surface area (Å²) < 4.78 is 0. The van der Waals surface area contributed by atoms with Gasteiger partial charge in [0.1, 0.15) is 0 Å². The molecule has 0 saturated heterocycles. The molecule has 1 N–H and O–H groups in total. The Morgan fingerprint density at radius 1 is 1.16 bits per heavy atom. The molecular weight excluding hydrogens is 232 g/mol. The summed E-state index contributed by atoms with van der Waals surface area (Å²) in [5, 5.41) is 3.69. The van der Waals surface area contributed by atoms with Gasteiger partial charge in [-0.25, -0.2) is 0 Å². The number of aromatic nitrogens is 1. The second-order valence-electron chi connectivity index (χ2n) is 5.88. The summed E-state index contributed by atoms with van der Waals surface area (Å²) in [4.78, 5) is 4.60. The standard InChI is InChI=1S/C17H30N2/c1-6-10-18-17(14(5)13(3)4)11-16-9-8-15(7-2)12-19-16/h8-9,12-14,17-18H,6-7,10-11H2,1-5H3. The molecule has 0 saturated carbocycles. The van der Waals surface area contributed by atoms with Crippen molar-refractivity contribution in [2.75, 3.05) is 6.54 Å². The van der Waals surface area contributed by atoms with Crippen molar-refractivity contribution in [2.45, 2.75) is 59.9 Å². The maximum absolute atomic E-state index is 4.60. The lowest BCUT2D eigenvalue weighted by atomic mass is 9.87. The average Bonchev–Trinajstić information content (AvgIpc) is 2.43. The third-order valence-corrected chi connectivity index (χ3v) is 4.07. The van der Waals surface area contributed by atoms with E-state index in [0.29, 0.717) is 17.9 Å². The molecular formula is C17H30N2. The Kier molecular flexibility index (Phi) is 7.07. The second-order valence-corrected chi connectivity index (χ2v) is 5.88. The molecule has 0 bridgehead atoms. The minimum absolute atomic E-state index is 0.528. The molecule has 2 heteroatoms. The van der Waals surface area contributed by atoms with Crippen molar-refractivity contribution in [3.63, 3.8) is 0 Å². The zero-order valence-electron chi connectivity index (χ0n) is 13.2. The third-order valence-electron chi connectivity index (χ3n) is 4.07. The minimum Gasteiger partial charge on any atom is -0.313 e. The van der Waals surface area contributed by atoms with Gasteiger partial charge in [-0.1, -0.05) is 40.7 Å². The van der Waals surface area contributed by atoms with E-state index in [2.05, 4.69) is 57.1 Å². The van der Waals surface area contributed by atoms with Gasteiger partial charge in [-0.2, -0.15) is 0 Å². The Balaban J connectivity index is 2.69. The molecule has 1 rings (SSSR count). The molecule has 0 radical (unpaired) electrons. The van der Waals surface area contributed by atoms with E-state index in [4.69, 9.17) is 0 Å². The van der Waals surface area contributed by atoms with E-state index in [9.17, 15) is 0 Å². The molecule has 1 heterocycles. The topological polar surface area (TPSA) is 24.9 Å². The quantitative estimate of drug-likeness (QED) is 0.770. The lowest BCUT2D eigenvalue weighted by Gasteiger charge is -2.28. The molecule has 2 unspecified atom stereocenters. The predicted octanol–water partition coefficient (Wildman–Crippen LogP) is 3.85. The van der Waals surface area contributed by atoms with Gasteiger partial charge in [-0.05, 0) is 42.9 Å². The number of nitrogens with one attached hydrogen (secondary N) is 1. The Morgan fingerprint density at radius 2 is 1.89 bits per heavy atom. The van der Waals surface area contributed by atoms with Gasteiger partial charge in [0.25, 0.3) is 0 Å². The number of pyridine rings is 1. The summed E-state index contributed by atoms with van der Waals surface area (Å²) in [6.45, 7) is 12.4. The molecule has 1 aromatic rings. The Hall–Kier alpha value is -0.890. The van der Waals surface area contributed by atoms with Gasteiger partial charge < -0.3 is 5.32 Å². The van der Waals surface area contributed by atoms with Crippen LogP contribution in [0.2, 0.25) is 0 Å². The third kappa shape index (κ3) is 5.32. The normalized spacial score (nSPS) is 14.6. The van der Waals surface area contributed by atoms with Crippen molar-refractivity contribution in [3.05, 3.63) is 29.6 Å². The van der Waals surface area contributed by atoms with Crippen molar-refractivity contribution < 1.29 is 0 Å². The Morgan fingerprint density at radius 3 is 2.37 bits per heavy atom. The van der Waals surface area contributed by atoms with Crippen LogP contribution in [0.3, 0.4) is 0 Å². The van der Waals surface area contributed by atoms with Crippen LogP contribution in [0.15, 0.2) is 18.3 Å². The fourth-order valence-electron chi connectivity index (χ4n) is 2.25. The van der Waals surface area contributed by atoms with Crippen molar-refractivity contribution in [3.8, 4) is 0 Å². The van der Waals surface area contributed by atoms with Gasteiger partial charge in [0.05, 0.1) is 0 Å². The van der Waals surface area contributed by atoms with E-state index in [0.717, 1.165) is 19.4 Å². The number of nitrogens with zero attached hydrogens (tertiary/aromatic N) is 1. The van der Waals surface area contributed by atoms with E-state index in [-0.39, 0.29) is 0 Å². The fraction of sp³-hybridized carbons (Fsp3) is 0.706. The first-order chi connectivity index (χ1) is 9.08. The molecule has 2 nitrogen and oxygen atoms in total.